The maximum absolute atomic E-state index is 13.6. The zero-order valence-electron chi connectivity index (χ0n) is 15.6. The number of amides is 1. The van der Waals surface area contributed by atoms with Crippen LogP contribution in [0.2, 0.25) is 0 Å². The second-order valence-corrected chi connectivity index (χ2v) is 6.91. The molecule has 3 aromatic rings. The summed E-state index contributed by atoms with van der Waals surface area (Å²) in [6, 6.07) is 8.25. The summed E-state index contributed by atoms with van der Waals surface area (Å²) in [5, 5.41) is 11.5. The Hall–Kier alpha value is -3.16. The Bertz CT molecular complexity index is 967. The number of nitrogens with zero attached hydrogens (tertiary/aromatic N) is 4. The average molecular weight is 383 g/mol. The second kappa shape index (κ2) is 7.84. The minimum atomic E-state index is -0.372. The van der Waals surface area contributed by atoms with Crippen LogP contribution in [0.15, 0.2) is 42.7 Å². The van der Waals surface area contributed by atoms with E-state index < -0.39 is 0 Å². The molecule has 1 saturated heterocycles. The number of H-pyrrole nitrogens is 1. The van der Waals surface area contributed by atoms with Gasteiger partial charge in [-0.2, -0.15) is 10.2 Å². The molecule has 1 aliphatic heterocycles. The lowest BCUT2D eigenvalue weighted by molar-refractivity contribution is 0.0733. The summed E-state index contributed by atoms with van der Waals surface area (Å²) in [5.41, 5.74) is 2.33. The number of ether oxygens (including phenoxy) is 1. The molecule has 146 valence electrons. The molecule has 1 N–H and O–H groups in total. The molecule has 2 aromatic heterocycles. The lowest BCUT2D eigenvalue weighted by Gasteiger charge is -2.22. The van der Waals surface area contributed by atoms with Crippen LogP contribution in [0.5, 0.6) is 5.75 Å². The number of halogens is 1. The normalized spacial score (nSPS) is 16.5. The van der Waals surface area contributed by atoms with E-state index in [0.717, 1.165) is 24.2 Å². The van der Waals surface area contributed by atoms with Gasteiger partial charge in [0.25, 0.3) is 5.91 Å². The topological polar surface area (TPSA) is 76.0 Å². The first kappa shape index (κ1) is 18.2. The maximum Gasteiger partial charge on any atom is 0.257 e. The van der Waals surface area contributed by atoms with Gasteiger partial charge >= 0.3 is 0 Å². The number of aromatic amines is 1. The number of para-hydroxylation sites is 1. The summed E-state index contributed by atoms with van der Waals surface area (Å²) in [4.78, 5) is 14.6. The molecule has 0 aliphatic carbocycles. The van der Waals surface area contributed by atoms with E-state index in [0.29, 0.717) is 25.1 Å². The Labute approximate surface area is 162 Å². The zero-order chi connectivity index (χ0) is 19.5. The standard InChI is InChI=1S/C20H22FN5O2/c1-25-13-14(12-22-25)20(27)26-9-4-6-18(26)17-11-15(23-24-17)8-10-28-19-7-3-2-5-16(19)21/h2-3,5,7,11-13,18H,4,6,8-10H2,1H3,(H,23,24)/t18-/m1/s1. The number of carbonyl (C=O) groups excluding carboxylic acids is 1. The number of nitrogens with one attached hydrogen (secondary N) is 1. The van der Waals surface area contributed by atoms with Gasteiger partial charge in [0.15, 0.2) is 11.6 Å². The lowest BCUT2D eigenvalue weighted by Crippen LogP contribution is -2.30. The molecule has 3 heterocycles. The van der Waals surface area contributed by atoms with Gasteiger partial charge in [-0.25, -0.2) is 4.39 Å². The minimum absolute atomic E-state index is 0.0250. The van der Waals surface area contributed by atoms with E-state index >= 15 is 0 Å². The first-order valence-corrected chi connectivity index (χ1v) is 9.33. The number of carbonyl (C=O) groups is 1. The maximum atomic E-state index is 13.6. The SMILES string of the molecule is Cn1cc(C(=O)N2CCC[C@@H]2c2cc(CCOc3ccccc3F)[nH]n2)cn1. The zero-order valence-corrected chi connectivity index (χ0v) is 15.6. The van der Waals surface area contributed by atoms with Crippen molar-refractivity contribution in [2.24, 2.45) is 7.05 Å². The fourth-order valence-electron chi connectivity index (χ4n) is 3.53. The molecule has 1 aliphatic rings. The van der Waals surface area contributed by atoms with Gasteiger partial charge in [0.05, 0.1) is 30.1 Å². The molecular weight excluding hydrogens is 361 g/mol. The fourth-order valence-corrected chi connectivity index (χ4v) is 3.53. The molecule has 0 unspecified atom stereocenters. The highest BCUT2D eigenvalue weighted by atomic mass is 19.1. The molecule has 0 radical (unpaired) electrons. The van der Waals surface area contributed by atoms with E-state index in [1.54, 1.807) is 42.3 Å². The van der Waals surface area contributed by atoms with Gasteiger partial charge in [0, 0.05) is 31.9 Å². The molecule has 1 aromatic carbocycles. The molecule has 28 heavy (non-hydrogen) atoms. The summed E-state index contributed by atoms with van der Waals surface area (Å²) in [7, 11) is 1.79. The predicted molar refractivity (Wildman–Crippen MR) is 100 cm³/mol. The van der Waals surface area contributed by atoms with Gasteiger partial charge in [0.1, 0.15) is 0 Å². The Morgan fingerprint density at radius 2 is 2.25 bits per heavy atom. The molecule has 0 spiro atoms. The van der Waals surface area contributed by atoms with Crippen LogP contribution >= 0.6 is 0 Å². The van der Waals surface area contributed by atoms with E-state index in [9.17, 15) is 9.18 Å². The van der Waals surface area contributed by atoms with Crippen molar-refractivity contribution in [2.45, 2.75) is 25.3 Å². The molecule has 4 rings (SSSR count). The third-order valence-electron chi connectivity index (χ3n) is 4.92. The number of hydrogen-bond donors (Lipinski definition) is 1. The summed E-state index contributed by atoms with van der Waals surface area (Å²) in [6.07, 6.45) is 5.71. The number of aromatic nitrogens is 4. The van der Waals surface area contributed by atoms with Crippen molar-refractivity contribution < 1.29 is 13.9 Å². The van der Waals surface area contributed by atoms with Crippen LogP contribution < -0.4 is 4.74 Å². The van der Waals surface area contributed by atoms with Crippen molar-refractivity contribution in [3.8, 4) is 5.75 Å². The molecule has 0 bridgehead atoms. The minimum Gasteiger partial charge on any atom is -0.490 e. The van der Waals surface area contributed by atoms with Gasteiger partial charge in [-0.05, 0) is 31.0 Å². The number of rotatable bonds is 6. The van der Waals surface area contributed by atoms with Crippen LogP contribution in [0.4, 0.5) is 4.39 Å². The van der Waals surface area contributed by atoms with E-state index in [1.165, 1.54) is 6.07 Å². The van der Waals surface area contributed by atoms with Gasteiger partial charge < -0.3 is 9.64 Å². The first-order chi connectivity index (χ1) is 13.6. The van der Waals surface area contributed by atoms with E-state index in [4.69, 9.17) is 4.74 Å². The lowest BCUT2D eigenvalue weighted by atomic mass is 10.1. The summed E-state index contributed by atoms with van der Waals surface area (Å²) >= 11 is 0. The molecule has 7 nitrogen and oxygen atoms in total. The second-order valence-electron chi connectivity index (χ2n) is 6.91. The van der Waals surface area contributed by atoms with Gasteiger partial charge in [-0.3, -0.25) is 14.6 Å². The van der Waals surface area contributed by atoms with Crippen molar-refractivity contribution in [2.75, 3.05) is 13.2 Å². The summed E-state index contributed by atoms with van der Waals surface area (Å²) in [6.45, 7) is 1.04. The van der Waals surface area contributed by atoms with Crippen molar-refractivity contribution in [1.82, 2.24) is 24.9 Å². The molecule has 1 fully saturated rings. The number of aryl methyl sites for hydroxylation is 1. The van der Waals surface area contributed by atoms with Gasteiger partial charge in [-0.1, -0.05) is 12.1 Å². The van der Waals surface area contributed by atoms with Crippen molar-refractivity contribution in [3.05, 3.63) is 65.5 Å². The van der Waals surface area contributed by atoms with Crippen molar-refractivity contribution in [1.29, 1.82) is 0 Å². The van der Waals surface area contributed by atoms with Crippen LogP contribution in [-0.2, 0) is 13.5 Å². The third kappa shape index (κ3) is 3.76. The largest absolute Gasteiger partial charge is 0.490 e. The Kier molecular flexibility index (Phi) is 5.10. The Balaban J connectivity index is 1.39. The summed E-state index contributed by atoms with van der Waals surface area (Å²) in [5.74, 6) is -0.155. The fraction of sp³-hybridized carbons (Fsp3) is 0.350. The first-order valence-electron chi connectivity index (χ1n) is 9.33. The number of hydrogen-bond acceptors (Lipinski definition) is 4. The van der Waals surface area contributed by atoms with E-state index in [1.807, 2.05) is 11.0 Å². The summed E-state index contributed by atoms with van der Waals surface area (Å²) < 4.78 is 20.7. The van der Waals surface area contributed by atoms with Gasteiger partial charge in [-0.15, -0.1) is 0 Å². The highest BCUT2D eigenvalue weighted by molar-refractivity contribution is 5.94. The van der Waals surface area contributed by atoms with Gasteiger partial charge in [0.2, 0.25) is 0 Å². The molecular formula is C20H22FN5O2. The van der Waals surface area contributed by atoms with Crippen molar-refractivity contribution >= 4 is 5.91 Å². The van der Waals surface area contributed by atoms with Crippen molar-refractivity contribution in [3.63, 3.8) is 0 Å². The quantitative estimate of drug-likeness (QED) is 0.710. The molecule has 1 amide bonds. The van der Waals surface area contributed by atoms with Crippen LogP contribution in [0, 0.1) is 5.82 Å². The predicted octanol–water partition coefficient (Wildman–Crippen LogP) is 2.88. The molecule has 1 atom stereocenters. The third-order valence-corrected chi connectivity index (χ3v) is 4.92. The van der Waals surface area contributed by atoms with E-state index in [-0.39, 0.29) is 23.5 Å². The smallest absolute Gasteiger partial charge is 0.257 e. The Morgan fingerprint density at radius 1 is 1.39 bits per heavy atom. The molecule has 8 heteroatoms. The van der Waals surface area contributed by atoms with Crippen LogP contribution in [0.1, 0.15) is 40.6 Å². The van der Waals surface area contributed by atoms with Crippen LogP contribution in [-0.4, -0.2) is 43.9 Å². The highest BCUT2D eigenvalue weighted by Gasteiger charge is 2.32. The van der Waals surface area contributed by atoms with Crippen LogP contribution in [0.3, 0.4) is 0 Å². The molecule has 0 saturated carbocycles. The average Bonchev–Trinajstić information content (AvgIpc) is 3.42. The highest BCUT2D eigenvalue weighted by Crippen LogP contribution is 2.32. The monoisotopic (exact) mass is 383 g/mol. The number of likely N-dealkylation sites (tertiary alicyclic amines) is 1. The van der Waals surface area contributed by atoms with E-state index in [2.05, 4.69) is 15.3 Å². The Morgan fingerprint density at radius 3 is 3.04 bits per heavy atom. The number of benzene rings is 1. The van der Waals surface area contributed by atoms with Crippen LogP contribution in [0.25, 0.3) is 0 Å².